The van der Waals surface area contributed by atoms with Crippen molar-refractivity contribution in [3.63, 3.8) is 0 Å². The van der Waals surface area contributed by atoms with Crippen LogP contribution in [0.15, 0.2) is 4.52 Å². The first-order valence-corrected chi connectivity index (χ1v) is 5.83. The number of nitrogens with two attached hydrogens (primary N) is 1. The highest BCUT2D eigenvalue weighted by Gasteiger charge is 2.42. The van der Waals surface area contributed by atoms with Crippen LogP contribution in [0.1, 0.15) is 56.3 Å². The predicted octanol–water partition coefficient (Wildman–Crippen LogP) is 1.99. The SMILES string of the molecule is CC(N)c1nc(C2CC3CCC2C3)no1. The first-order chi connectivity index (χ1) is 7.24. The second-order valence-corrected chi connectivity index (χ2v) is 5.06. The zero-order valence-electron chi connectivity index (χ0n) is 9.02. The Kier molecular flexibility index (Phi) is 2.06. The molecule has 2 saturated carbocycles. The molecule has 15 heavy (non-hydrogen) atoms. The molecule has 2 bridgehead atoms. The van der Waals surface area contributed by atoms with Crippen LogP contribution in [0.5, 0.6) is 0 Å². The smallest absolute Gasteiger partial charge is 0.243 e. The lowest BCUT2D eigenvalue weighted by molar-refractivity contribution is 0.342. The Hall–Kier alpha value is -0.900. The van der Waals surface area contributed by atoms with E-state index in [9.17, 15) is 0 Å². The molecule has 0 aliphatic heterocycles. The van der Waals surface area contributed by atoms with E-state index in [-0.39, 0.29) is 6.04 Å². The molecule has 0 radical (unpaired) electrons. The van der Waals surface area contributed by atoms with Crippen LogP contribution in [0.4, 0.5) is 0 Å². The first kappa shape index (κ1) is 9.33. The van der Waals surface area contributed by atoms with E-state index in [1.165, 1.54) is 25.7 Å². The van der Waals surface area contributed by atoms with Crippen molar-refractivity contribution < 1.29 is 4.52 Å². The van der Waals surface area contributed by atoms with Crippen molar-refractivity contribution in [2.45, 2.75) is 44.6 Å². The average Bonchev–Trinajstić information content (AvgIpc) is 2.93. The maximum atomic E-state index is 5.71. The molecular formula is C11H17N3O. The second-order valence-electron chi connectivity index (χ2n) is 5.06. The fourth-order valence-electron chi connectivity index (χ4n) is 3.14. The molecule has 4 unspecified atom stereocenters. The fourth-order valence-corrected chi connectivity index (χ4v) is 3.14. The van der Waals surface area contributed by atoms with Gasteiger partial charge in [0.05, 0.1) is 6.04 Å². The molecule has 3 rings (SSSR count). The minimum atomic E-state index is -0.148. The Morgan fingerprint density at radius 3 is 2.80 bits per heavy atom. The molecule has 2 fully saturated rings. The van der Waals surface area contributed by atoms with Crippen molar-refractivity contribution in [2.75, 3.05) is 0 Å². The van der Waals surface area contributed by atoms with E-state index < -0.39 is 0 Å². The molecular weight excluding hydrogens is 190 g/mol. The molecule has 1 aromatic heterocycles. The molecule has 2 N–H and O–H groups in total. The van der Waals surface area contributed by atoms with Gasteiger partial charge < -0.3 is 10.3 Å². The van der Waals surface area contributed by atoms with Crippen molar-refractivity contribution in [1.82, 2.24) is 10.1 Å². The summed E-state index contributed by atoms with van der Waals surface area (Å²) >= 11 is 0. The third-order valence-electron chi connectivity index (χ3n) is 3.92. The lowest BCUT2D eigenvalue weighted by Gasteiger charge is -2.17. The number of nitrogens with zero attached hydrogens (tertiary/aromatic N) is 2. The summed E-state index contributed by atoms with van der Waals surface area (Å²) in [4.78, 5) is 4.41. The van der Waals surface area contributed by atoms with E-state index in [1.54, 1.807) is 0 Å². The van der Waals surface area contributed by atoms with Gasteiger partial charge in [0.2, 0.25) is 5.89 Å². The maximum absolute atomic E-state index is 5.71. The monoisotopic (exact) mass is 207 g/mol. The van der Waals surface area contributed by atoms with Crippen LogP contribution < -0.4 is 5.73 Å². The Morgan fingerprint density at radius 1 is 1.40 bits per heavy atom. The van der Waals surface area contributed by atoms with Gasteiger partial charge in [-0.05, 0) is 38.0 Å². The third kappa shape index (κ3) is 1.47. The van der Waals surface area contributed by atoms with Crippen molar-refractivity contribution in [3.05, 3.63) is 11.7 Å². The van der Waals surface area contributed by atoms with Gasteiger partial charge in [-0.2, -0.15) is 4.98 Å². The van der Waals surface area contributed by atoms with E-state index in [0.717, 1.165) is 17.7 Å². The topological polar surface area (TPSA) is 64.9 Å². The Labute approximate surface area is 89.2 Å². The van der Waals surface area contributed by atoms with Crippen LogP contribution in [0, 0.1) is 11.8 Å². The maximum Gasteiger partial charge on any atom is 0.243 e. The number of hydrogen-bond acceptors (Lipinski definition) is 4. The van der Waals surface area contributed by atoms with Crippen LogP contribution in [0.2, 0.25) is 0 Å². The van der Waals surface area contributed by atoms with Gasteiger partial charge in [0, 0.05) is 5.92 Å². The third-order valence-corrected chi connectivity index (χ3v) is 3.92. The van der Waals surface area contributed by atoms with Gasteiger partial charge in [0.1, 0.15) is 0 Å². The molecule has 0 saturated heterocycles. The van der Waals surface area contributed by atoms with E-state index in [1.807, 2.05) is 6.92 Å². The molecule has 0 amide bonds. The largest absolute Gasteiger partial charge is 0.338 e. The Bertz CT molecular complexity index is 360. The normalized spacial score (nSPS) is 36.0. The molecule has 4 atom stereocenters. The highest BCUT2D eigenvalue weighted by Crippen LogP contribution is 2.52. The highest BCUT2D eigenvalue weighted by atomic mass is 16.5. The van der Waals surface area contributed by atoms with Crippen LogP contribution in [0.25, 0.3) is 0 Å². The predicted molar refractivity (Wildman–Crippen MR) is 55.1 cm³/mol. The molecule has 4 nitrogen and oxygen atoms in total. The minimum absolute atomic E-state index is 0.148. The number of fused-ring (bicyclic) bond motifs is 2. The molecule has 2 aliphatic carbocycles. The van der Waals surface area contributed by atoms with E-state index in [4.69, 9.17) is 10.3 Å². The second kappa shape index (κ2) is 3.30. The highest BCUT2D eigenvalue weighted by molar-refractivity contribution is 5.06. The van der Waals surface area contributed by atoms with Crippen LogP contribution in [-0.4, -0.2) is 10.1 Å². The van der Waals surface area contributed by atoms with Crippen molar-refractivity contribution in [2.24, 2.45) is 17.6 Å². The summed E-state index contributed by atoms with van der Waals surface area (Å²) < 4.78 is 5.16. The van der Waals surface area contributed by atoms with Crippen LogP contribution in [-0.2, 0) is 0 Å². The Morgan fingerprint density at radius 2 is 2.27 bits per heavy atom. The number of aromatic nitrogens is 2. The average molecular weight is 207 g/mol. The summed E-state index contributed by atoms with van der Waals surface area (Å²) in [6.45, 7) is 1.87. The first-order valence-electron chi connectivity index (χ1n) is 5.83. The number of rotatable bonds is 2. The van der Waals surface area contributed by atoms with E-state index in [2.05, 4.69) is 10.1 Å². The molecule has 1 heterocycles. The molecule has 0 spiro atoms. The van der Waals surface area contributed by atoms with E-state index >= 15 is 0 Å². The van der Waals surface area contributed by atoms with Gasteiger partial charge in [-0.15, -0.1) is 0 Å². The van der Waals surface area contributed by atoms with Crippen LogP contribution >= 0.6 is 0 Å². The molecule has 2 aliphatic rings. The van der Waals surface area contributed by atoms with Crippen LogP contribution in [0.3, 0.4) is 0 Å². The summed E-state index contributed by atoms with van der Waals surface area (Å²) in [5, 5.41) is 4.07. The van der Waals surface area contributed by atoms with E-state index in [0.29, 0.717) is 11.8 Å². The molecule has 4 heteroatoms. The van der Waals surface area contributed by atoms with Gasteiger partial charge in [-0.25, -0.2) is 0 Å². The summed E-state index contributed by atoms with van der Waals surface area (Å²) in [5.74, 6) is 3.73. The minimum Gasteiger partial charge on any atom is -0.338 e. The molecule has 82 valence electrons. The zero-order valence-corrected chi connectivity index (χ0v) is 9.02. The summed E-state index contributed by atoms with van der Waals surface area (Å²) in [7, 11) is 0. The molecule has 1 aromatic rings. The molecule has 0 aromatic carbocycles. The lowest BCUT2D eigenvalue weighted by atomic mass is 9.88. The zero-order chi connectivity index (χ0) is 10.4. The fraction of sp³-hybridized carbons (Fsp3) is 0.818. The standard InChI is InChI=1S/C11H17N3O/c1-6(12)11-13-10(14-15-11)9-5-7-2-3-8(9)4-7/h6-9H,2-5,12H2,1H3. The summed E-state index contributed by atoms with van der Waals surface area (Å²) in [6, 6.07) is -0.148. The van der Waals surface area contributed by atoms with Crippen molar-refractivity contribution in [1.29, 1.82) is 0 Å². The summed E-state index contributed by atoms with van der Waals surface area (Å²) in [5.41, 5.74) is 5.71. The van der Waals surface area contributed by atoms with Gasteiger partial charge in [0.15, 0.2) is 5.82 Å². The van der Waals surface area contributed by atoms with Gasteiger partial charge in [-0.3, -0.25) is 0 Å². The van der Waals surface area contributed by atoms with Gasteiger partial charge in [-0.1, -0.05) is 11.6 Å². The number of hydrogen-bond donors (Lipinski definition) is 1. The Balaban J connectivity index is 1.81. The van der Waals surface area contributed by atoms with Gasteiger partial charge >= 0.3 is 0 Å². The quantitative estimate of drug-likeness (QED) is 0.805. The van der Waals surface area contributed by atoms with Crippen molar-refractivity contribution in [3.8, 4) is 0 Å². The van der Waals surface area contributed by atoms with Gasteiger partial charge in [0.25, 0.3) is 0 Å². The summed E-state index contributed by atoms with van der Waals surface area (Å²) in [6.07, 6.45) is 5.37. The van der Waals surface area contributed by atoms with Crippen molar-refractivity contribution >= 4 is 0 Å². The lowest BCUT2D eigenvalue weighted by Crippen LogP contribution is -2.11.